The number of carbonyl (C=O) groups is 1. The predicted molar refractivity (Wildman–Crippen MR) is 81.4 cm³/mol. The van der Waals surface area contributed by atoms with Crippen molar-refractivity contribution in [2.75, 3.05) is 13.7 Å². The summed E-state index contributed by atoms with van der Waals surface area (Å²) in [5.41, 5.74) is 4.05. The first-order chi connectivity index (χ1) is 9.56. The fourth-order valence-electron chi connectivity index (χ4n) is 3.22. The van der Waals surface area contributed by atoms with Gasteiger partial charge in [0.25, 0.3) is 0 Å². The monoisotopic (exact) mass is 275 g/mol. The first kappa shape index (κ1) is 15.0. The van der Waals surface area contributed by atoms with Crippen LogP contribution < -0.4 is 0 Å². The van der Waals surface area contributed by atoms with Gasteiger partial charge in [0.15, 0.2) is 5.78 Å². The standard InChI is InChI=1S/C17H25NO2/c1-12-10-16(14(3)18(12)13(2)11-20-4)17(19)15-8-6-5-7-9-15/h8,10,13H,5-7,9,11H2,1-4H3. The summed E-state index contributed by atoms with van der Waals surface area (Å²) in [5.74, 6) is 0.216. The number of methoxy groups -OCH3 is 1. The van der Waals surface area contributed by atoms with Crippen molar-refractivity contribution in [1.82, 2.24) is 4.57 Å². The zero-order valence-electron chi connectivity index (χ0n) is 13.0. The third kappa shape index (κ3) is 2.88. The molecule has 1 aliphatic rings. The minimum absolute atomic E-state index is 0.216. The fraction of sp³-hybridized carbons (Fsp3) is 0.588. The van der Waals surface area contributed by atoms with Crippen LogP contribution >= 0.6 is 0 Å². The van der Waals surface area contributed by atoms with Gasteiger partial charge in [-0.15, -0.1) is 0 Å². The van der Waals surface area contributed by atoms with Gasteiger partial charge in [0.2, 0.25) is 0 Å². The highest BCUT2D eigenvalue weighted by molar-refractivity contribution is 6.09. The Kier molecular flexibility index (Phi) is 4.81. The number of hydrogen-bond acceptors (Lipinski definition) is 2. The molecule has 0 N–H and O–H groups in total. The lowest BCUT2D eigenvalue weighted by Crippen LogP contribution is -2.15. The quantitative estimate of drug-likeness (QED) is 0.761. The van der Waals surface area contributed by atoms with Crippen molar-refractivity contribution in [3.05, 3.63) is 34.7 Å². The van der Waals surface area contributed by atoms with Crippen LogP contribution in [0.1, 0.15) is 60.4 Å². The number of ketones is 1. The van der Waals surface area contributed by atoms with Gasteiger partial charge in [-0.2, -0.15) is 0 Å². The Hall–Kier alpha value is -1.35. The summed E-state index contributed by atoms with van der Waals surface area (Å²) in [6.07, 6.45) is 6.43. The zero-order valence-corrected chi connectivity index (χ0v) is 13.0. The molecular formula is C17H25NO2. The van der Waals surface area contributed by atoms with Gasteiger partial charge in [-0.25, -0.2) is 0 Å². The minimum Gasteiger partial charge on any atom is -0.383 e. The molecule has 3 heteroatoms. The molecule has 1 aliphatic carbocycles. The van der Waals surface area contributed by atoms with Gasteiger partial charge in [0.1, 0.15) is 0 Å². The lowest BCUT2D eigenvalue weighted by Gasteiger charge is -2.18. The van der Waals surface area contributed by atoms with Crippen LogP contribution in [-0.2, 0) is 4.74 Å². The van der Waals surface area contributed by atoms with Gasteiger partial charge in [0, 0.05) is 24.1 Å². The van der Waals surface area contributed by atoms with E-state index in [4.69, 9.17) is 4.74 Å². The van der Waals surface area contributed by atoms with Crippen molar-refractivity contribution in [2.45, 2.75) is 52.5 Å². The van der Waals surface area contributed by atoms with E-state index in [0.29, 0.717) is 6.61 Å². The Morgan fingerprint density at radius 1 is 1.40 bits per heavy atom. The highest BCUT2D eigenvalue weighted by atomic mass is 16.5. The molecule has 0 saturated carbocycles. The Bertz CT molecular complexity index is 525. The molecule has 1 aromatic rings. The van der Waals surface area contributed by atoms with Crippen LogP contribution in [0, 0.1) is 13.8 Å². The van der Waals surface area contributed by atoms with E-state index in [0.717, 1.165) is 41.8 Å². The van der Waals surface area contributed by atoms with E-state index < -0.39 is 0 Å². The van der Waals surface area contributed by atoms with Crippen LogP contribution in [0.4, 0.5) is 0 Å². The lowest BCUT2D eigenvalue weighted by atomic mass is 9.93. The minimum atomic E-state index is 0.216. The molecule has 0 radical (unpaired) electrons. The van der Waals surface area contributed by atoms with Gasteiger partial charge in [0.05, 0.1) is 12.6 Å². The normalized spacial score (nSPS) is 16.9. The summed E-state index contributed by atoms with van der Waals surface area (Å²) in [6.45, 7) is 6.88. The second-order valence-electron chi connectivity index (χ2n) is 5.76. The first-order valence-electron chi connectivity index (χ1n) is 7.47. The maximum absolute atomic E-state index is 12.7. The number of ether oxygens (including phenoxy) is 1. The number of hydrogen-bond donors (Lipinski definition) is 0. The molecular weight excluding hydrogens is 250 g/mol. The Morgan fingerprint density at radius 2 is 2.15 bits per heavy atom. The van der Waals surface area contributed by atoms with Crippen LogP contribution in [0.3, 0.4) is 0 Å². The SMILES string of the molecule is COCC(C)n1c(C)cc(C(=O)C2=CCCCC2)c1C. The van der Waals surface area contributed by atoms with Crippen molar-refractivity contribution < 1.29 is 9.53 Å². The average Bonchev–Trinajstić information content (AvgIpc) is 2.74. The Labute approximate surface area is 121 Å². The number of aromatic nitrogens is 1. The van der Waals surface area contributed by atoms with E-state index in [9.17, 15) is 4.79 Å². The maximum Gasteiger partial charge on any atom is 0.190 e. The predicted octanol–water partition coefficient (Wildman–Crippen LogP) is 4.00. The topological polar surface area (TPSA) is 31.2 Å². The van der Waals surface area contributed by atoms with Gasteiger partial charge >= 0.3 is 0 Å². The molecule has 1 unspecified atom stereocenters. The van der Waals surface area contributed by atoms with Crippen LogP contribution in [0.5, 0.6) is 0 Å². The van der Waals surface area contributed by atoms with E-state index in [-0.39, 0.29) is 11.8 Å². The average molecular weight is 275 g/mol. The molecule has 0 spiro atoms. The first-order valence-corrected chi connectivity index (χ1v) is 7.47. The third-order valence-corrected chi connectivity index (χ3v) is 4.16. The van der Waals surface area contributed by atoms with Crippen LogP contribution in [0.2, 0.25) is 0 Å². The zero-order chi connectivity index (χ0) is 14.7. The fourth-order valence-corrected chi connectivity index (χ4v) is 3.22. The largest absolute Gasteiger partial charge is 0.383 e. The summed E-state index contributed by atoms with van der Waals surface area (Å²) < 4.78 is 7.45. The molecule has 0 aliphatic heterocycles. The van der Waals surface area contributed by atoms with Crippen LogP contribution in [0.15, 0.2) is 17.7 Å². The van der Waals surface area contributed by atoms with Gasteiger partial charge in [-0.3, -0.25) is 4.79 Å². The Morgan fingerprint density at radius 3 is 2.75 bits per heavy atom. The number of aryl methyl sites for hydroxylation is 1. The third-order valence-electron chi connectivity index (χ3n) is 4.16. The molecule has 0 aromatic carbocycles. The van der Waals surface area contributed by atoms with E-state index in [1.165, 1.54) is 6.42 Å². The maximum atomic E-state index is 12.7. The summed E-state index contributed by atoms with van der Waals surface area (Å²) in [6, 6.07) is 2.28. The molecule has 20 heavy (non-hydrogen) atoms. The second kappa shape index (κ2) is 6.40. The Balaban J connectivity index is 2.31. The van der Waals surface area contributed by atoms with Gasteiger partial charge in [-0.1, -0.05) is 6.08 Å². The molecule has 0 fully saturated rings. The smallest absolute Gasteiger partial charge is 0.190 e. The van der Waals surface area contributed by atoms with E-state index >= 15 is 0 Å². The molecule has 0 saturated heterocycles. The number of nitrogens with zero attached hydrogens (tertiary/aromatic N) is 1. The molecule has 0 bridgehead atoms. The molecule has 1 heterocycles. The number of rotatable bonds is 5. The summed E-state index contributed by atoms with van der Waals surface area (Å²) in [7, 11) is 1.71. The van der Waals surface area contributed by atoms with E-state index in [2.05, 4.69) is 24.5 Å². The molecule has 2 rings (SSSR count). The lowest BCUT2D eigenvalue weighted by molar-refractivity contribution is 0.102. The summed E-state index contributed by atoms with van der Waals surface area (Å²) >= 11 is 0. The molecule has 1 aromatic heterocycles. The highest BCUT2D eigenvalue weighted by Crippen LogP contribution is 2.26. The molecule has 0 amide bonds. The second-order valence-corrected chi connectivity index (χ2v) is 5.76. The molecule has 3 nitrogen and oxygen atoms in total. The van der Waals surface area contributed by atoms with E-state index in [1.54, 1.807) is 7.11 Å². The van der Waals surface area contributed by atoms with Crippen LogP contribution in [-0.4, -0.2) is 24.1 Å². The highest BCUT2D eigenvalue weighted by Gasteiger charge is 2.21. The van der Waals surface area contributed by atoms with Gasteiger partial charge in [-0.05, 0) is 58.1 Å². The molecule has 110 valence electrons. The number of allylic oxidation sites excluding steroid dienone is 2. The van der Waals surface area contributed by atoms with Crippen molar-refractivity contribution >= 4 is 5.78 Å². The summed E-state index contributed by atoms with van der Waals surface area (Å²) in [5, 5.41) is 0. The van der Waals surface area contributed by atoms with E-state index in [1.807, 2.05) is 13.0 Å². The van der Waals surface area contributed by atoms with Crippen molar-refractivity contribution in [3.63, 3.8) is 0 Å². The van der Waals surface area contributed by atoms with Crippen molar-refractivity contribution in [1.29, 1.82) is 0 Å². The molecule has 1 atom stereocenters. The number of carbonyl (C=O) groups excluding carboxylic acids is 1. The van der Waals surface area contributed by atoms with Crippen molar-refractivity contribution in [3.8, 4) is 0 Å². The number of Topliss-reactive ketones (excluding diaryl/α,β-unsaturated/α-hetero) is 1. The summed E-state index contributed by atoms with van der Waals surface area (Å²) in [4.78, 5) is 12.7. The van der Waals surface area contributed by atoms with Crippen molar-refractivity contribution in [2.24, 2.45) is 0 Å². The van der Waals surface area contributed by atoms with Gasteiger partial charge < -0.3 is 9.30 Å². The van der Waals surface area contributed by atoms with Crippen LogP contribution in [0.25, 0.3) is 0 Å².